The molecule has 0 amide bonds. The monoisotopic (exact) mass is 205 g/mol. The summed E-state index contributed by atoms with van der Waals surface area (Å²) in [7, 11) is 0. The third-order valence-electron chi connectivity index (χ3n) is 2.74. The van der Waals surface area contributed by atoms with Crippen molar-refractivity contribution < 1.29 is 9.53 Å². The van der Waals surface area contributed by atoms with E-state index < -0.39 is 0 Å². The van der Waals surface area contributed by atoms with Crippen LogP contribution in [0.25, 0.3) is 0 Å². The maximum Gasteiger partial charge on any atom is 0.338 e. The number of ether oxygens (including phenoxy) is 1. The maximum absolute atomic E-state index is 11.7. The van der Waals surface area contributed by atoms with Gasteiger partial charge in [0.1, 0.15) is 5.60 Å². The predicted molar refractivity (Wildman–Crippen MR) is 57.5 cm³/mol. The van der Waals surface area contributed by atoms with E-state index in [1.165, 1.54) is 0 Å². The Bertz CT molecular complexity index is 355. The van der Waals surface area contributed by atoms with E-state index in [1.54, 1.807) is 12.1 Å². The van der Waals surface area contributed by atoms with Gasteiger partial charge in [0.2, 0.25) is 0 Å². The highest BCUT2D eigenvalue weighted by Gasteiger charge is 2.41. The van der Waals surface area contributed by atoms with Crippen molar-refractivity contribution in [2.24, 2.45) is 5.73 Å². The molecule has 1 fully saturated rings. The highest BCUT2D eigenvalue weighted by molar-refractivity contribution is 5.89. The van der Waals surface area contributed by atoms with Gasteiger partial charge in [-0.2, -0.15) is 0 Å². The second kappa shape index (κ2) is 3.66. The number of nitrogens with two attached hydrogens (primary N) is 1. The van der Waals surface area contributed by atoms with Crippen LogP contribution in [-0.2, 0) is 4.74 Å². The van der Waals surface area contributed by atoms with Gasteiger partial charge >= 0.3 is 5.97 Å². The third-order valence-corrected chi connectivity index (χ3v) is 2.74. The summed E-state index contributed by atoms with van der Waals surface area (Å²) in [6.07, 6.45) is 1.51. The summed E-state index contributed by atoms with van der Waals surface area (Å²) in [5.41, 5.74) is 5.92. The quantitative estimate of drug-likeness (QED) is 0.748. The van der Waals surface area contributed by atoms with E-state index in [1.807, 2.05) is 25.1 Å². The molecule has 3 nitrogen and oxygen atoms in total. The lowest BCUT2D eigenvalue weighted by molar-refractivity contribution is -0.0585. The summed E-state index contributed by atoms with van der Waals surface area (Å²) < 4.78 is 5.41. The smallest absolute Gasteiger partial charge is 0.338 e. The van der Waals surface area contributed by atoms with Crippen molar-refractivity contribution >= 4 is 5.97 Å². The average molecular weight is 205 g/mol. The van der Waals surface area contributed by atoms with Crippen molar-refractivity contribution in [3.63, 3.8) is 0 Å². The Morgan fingerprint density at radius 2 is 2.00 bits per heavy atom. The Morgan fingerprint density at radius 1 is 1.40 bits per heavy atom. The first-order valence-corrected chi connectivity index (χ1v) is 5.13. The first-order chi connectivity index (χ1) is 7.09. The number of hydrogen-bond donors (Lipinski definition) is 1. The minimum absolute atomic E-state index is 0.179. The topological polar surface area (TPSA) is 52.3 Å². The van der Waals surface area contributed by atoms with Gasteiger partial charge in [-0.15, -0.1) is 0 Å². The predicted octanol–water partition coefficient (Wildman–Crippen LogP) is 1.72. The van der Waals surface area contributed by atoms with Gasteiger partial charge in [-0.05, 0) is 19.1 Å². The number of carbonyl (C=O) groups is 1. The van der Waals surface area contributed by atoms with Crippen molar-refractivity contribution in [2.75, 3.05) is 0 Å². The second-order valence-electron chi connectivity index (χ2n) is 4.37. The molecule has 0 atom stereocenters. The minimum atomic E-state index is -0.355. The molecule has 3 heteroatoms. The molecule has 0 bridgehead atoms. The molecule has 0 heterocycles. The van der Waals surface area contributed by atoms with Crippen LogP contribution in [0.1, 0.15) is 30.1 Å². The molecule has 0 aliphatic heterocycles. The second-order valence-corrected chi connectivity index (χ2v) is 4.37. The van der Waals surface area contributed by atoms with Gasteiger partial charge in [-0.25, -0.2) is 4.79 Å². The van der Waals surface area contributed by atoms with E-state index in [9.17, 15) is 4.79 Å². The normalized spacial score (nSPS) is 29.3. The third kappa shape index (κ3) is 2.18. The summed E-state index contributed by atoms with van der Waals surface area (Å²) in [6, 6.07) is 9.21. The van der Waals surface area contributed by atoms with Crippen LogP contribution in [0.4, 0.5) is 0 Å². The molecular formula is C12H15NO2. The first-order valence-electron chi connectivity index (χ1n) is 5.13. The Hall–Kier alpha value is -1.35. The van der Waals surface area contributed by atoms with E-state index in [0.717, 1.165) is 12.8 Å². The fourth-order valence-corrected chi connectivity index (χ4v) is 1.99. The van der Waals surface area contributed by atoms with Gasteiger partial charge in [0.25, 0.3) is 0 Å². The first kappa shape index (κ1) is 10.2. The van der Waals surface area contributed by atoms with E-state index >= 15 is 0 Å². The number of carbonyl (C=O) groups excluding carboxylic acids is 1. The Balaban J connectivity index is 1.99. The Kier molecular flexibility index (Phi) is 2.49. The summed E-state index contributed by atoms with van der Waals surface area (Å²) in [5.74, 6) is -0.259. The average Bonchev–Trinajstić information content (AvgIpc) is 2.17. The molecule has 0 spiro atoms. The van der Waals surface area contributed by atoms with Crippen molar-refractivity contribution in [1.29, 1.82) is 0 Å². The lowest BCUT2D eigenvalue weighted by Crippen LogP contribution is -2.52. The molecular weight excluding hydrogens is 190 g/mol. The zero-order valence-electron chi connectivity index (χ0n) is 8.77. The molecule has 0 unspecified atom stereocenters. The van der Waals surface area contributed by atoms with Gasteiger partial charge in [-0.3, -0.25) is 0 Å². The molecule has 0 radical (unpaired) electrons. The van der Waals surface area contributed by atoms with E-state index in [4.69, 9.17) is 10.5 Å². The molecule has 2 N–H and O–H groups in total. The number of hydrogen-bond acceptors (Lipinski definition) is 3. The van der Waals surface area contributed by atoms with Crippen LogP contribution in [0.2, 0.25) is 0 Å². The summed E-state index contributed by atoms with van der Waals surface area (Å²) in [5, 5.41) is 0. The highest BCUT2D eigenvalue weighted by Crippen LogP contribution is 2.34. The van der Waals surface area contributed by atoms with Crippen molar-refractivity contribution in [2.45, 2.75) is 31.4 Å². The Labute approximate surface area is 89.2 Å². The van der Waals surface area contributed by atoms with Crippen molar-refractivity contribution in [3.8, 4) is 0 Å². The van der Waals surface area contributed by atoms with E-state index in [-0.39, 0.29) is 17.6 Å². The molecule has 1 aromatic carbocycles. The van der Waals surface area contributed by atoms with Crippen LogP contribution in [0.3, 0.4) is 0 Å². The highest BCUT2D eigenvalue weighted by atomic mass is 16.6. The molecule has 0 aromatic heterocycles. The van der Waals surface area contributed by atoms with Gasteiger partial charge in [0.05, 0.1) is 5.56 Å². The van der Waals surface area contributed by atoms with Crippen LogP contribution < -0.4 is 5.73 Å². The van der Waals surface area contributed by atoms with Gasteiger partial charge in [-0.1, -0.05) is 18.2 Å². The van der Waals surface area contributed by atoms with Gasteiger partial charge in [0, 0.05) is 18.9 Å². The van der Waals surface area contributed by atoms with Crippen LogP contribution in [0, 0.1) is 0 Å². The molecule has 80 valence electrons. The minimum Gasteiger partial charge on any atom is -0.456 e. The van der Waals surface area contributed by atoms with Crippen LogP contribution in [0.15, 0.2) is 30.3 Å². The largest absolute Gasteiger partial charge is 0.456 e. The zero-order valence-corrected chi connectivity index (χ0v) is 8.77. The lowest BCUT2D eigenvalue weighted by Gasteiger charge is -2.42. The van der Waals surface area contributed by atoms with E-state index in [2.05, 4.69) is 0 Å². The summed E-state index contributed by atoms with van der Waals surface area (Å²) in [4.78, 5) is 11.7. The zero-order chi connectivity index (χ0) is 10.9. The molecule has 1 aromatic rings. The van der Waals surface area contributed by atoms with Gasteiger partial charge in [0.15, 0.2) is 0 Å². The van der Waals surface area contributed by atoms with Gasteiger partial charge < -0.3 is 10.5 Å². The lowest BCUT2D eigenvalue weighted by atomic mass is 9.77. The van der Waals surface area contributed by atoms with Crippen LogP contribution in [-0.4, -0.2) is 17.6 Å². The summed E-state index contributed by atoms with van der Waals surface area (Å²) in [6.45, 7) is 1.93. The SMILES string of the molecule is CC1(OC(=O)c2ccccc2)CC(N)C1. The van der Waals surface area contributed by atoms with Crippen LogP contribution >= 0.6 is 0 Å². The molecule has 1 saturated carbocycles. The standard InChI is InChI=1S/C12H15NO2/c1-12(7-10(13)8-12)15-11(14)9-5-3-2-4-6-9/h2-6,10H,7-8,13H2,1H3. The fraction of sp³-hybridized carbons (Fsp3) is 0.417. The number of esters is 1. The molecule has 1 aliphatic carbocycles. The van der Waals surface area contributed by atoms with Crippen LogP contribution in [0.5, 0.6) is 0 Å². The van der Waals surface area contributed by atoms with E-state index in [0.29, 0.717) is 5.56 Å². The Morgan fingerprint density at radius 3 is 2.53 bits per heavy atom. The molecule has 0 saturated heterocycles. The van der Waals surface area contributed by atoms with Crippen molar-refractivity contribution in [3.05, 3.63) is 35.9 Å². The molecule has 2 rings (SSSR count). The fourth-order valence-electron chi connectivity index (χ4n) is 1.99. The molecule has 15 heavy (non-hydrogen) atoms. The maximum atomic E-state index is 11.7. The molecule has 1 aliphatic rings. The number of benzene rings is 1. The van der Waals surface area contributed by atoms with Crippen molar-refractivity contribution in [1.82, 2.24) is 0 Å². The summed E-state index contributed by atoms with van der Waals surface area (Å²) >= 11 is 0. The number of rotatable bonds is 2.